The van der Waals surface area contributed by atoms with Crippen molar-refractivity contribution >= 4 is 21.5 Å². The molecule has 18 heavy (non-hydrogen) atoms. The lowest BCUT2D eigenvalue weighted by Crippen LogP contribution is -1.92. The fraction of sp³-hybridized carbons (Fsp3) is 0.222. The van der Waals surface area contributed by atoms with E-state index >= 15 is 0 Å². The van der Waals surface area contributed by atoms with Gasteiger partial charge in [-0.1, -0.05) is 36.4 Å². The van der Waals surface area contributed by atoms with Gasteiger partial charge in [0.1, 0.15) is 0 Å². The van der Waals surface area contributed by atoms with Gasteiger partial charge in [0, 0.05) is 0 Å². The van der Waals surface area contributed by atoms with Crippen molar-refractivity contribution in [2.45, 2.75) is 27.7 Å². The van der Waals surface area contributed by atoms with Gasteiger partial charge in [0.05, 0.1) is 0 Å². The molecule has 0 heterocycles. The first-order valence-electron chi connectivity index (χ1n) is 6.49. The Morgan fingerprint density at radius 1 is 0.556 bits per heavy atom. The predicted octanol–water partition coefficient (Wildman–Crippen LogP) is 5.23. The number of hydrogen-bond donors (Lipinski definition) is 0. The normalized spacial score (nSPS) is 11.3. The van der Waals surface area contributed by atoms with E-state index < -0.39 is 0 Å². The molecule has 0 aliphatic carbocycles. The minimum atomic E-state index is 1.38. The highest BCUT2D eigenvalue weighted by molar-refractivity contribution is 6.07. The molecule has 0 radical (unpaired) electrons. The summed E-state index contributed by atoms with van der Waals surface area (Å²) in [5, 5.41) is 5.64. The van der Waals surface area contributed by atoms with Gasteiger partial charge in [0.2, 0.25) is 0 Å². The van der Waals surface area contributed by atoms with Crippen LogP contribution in [0.1, 0.15) is 22.3 Å². The van der Waals surface area contributed by atoms with Crippen LogP contribution in [0.25, 0.3) is 21.5 Å². The van der Waals surface area contributed by atoms with Crippen LogP contribution in [0.4, 0.5) is 0 Å². The molecule has 0 aliphatic rings. The summed E-state index contributed by atoms with van der Waals surface area (Å²) in [5.41, 5.74) is 5.57. The highest BCUT2D eigenvalue weighted by Crippen LogP contribution is 2.35. The number of hydrogen-bond acceptors (Lipinski definition) is 0. The SMILES string of the molecule is Cc1ccc(C)c2c(C)c3ccccc3c(C)c12. The average molecular weight is 234 g/mol. The molecule has 90 valence electrons. The quantitative estimate of drug-likeness (QED) is 0.467. The van der Waals surface area contributed by atoms with Crippen molar-refractivity contribution < 1.29 is 0 Å². The molecule has 0 nitrogen and oxygen atoms in total. The van der Waals surface area contributed by atoms with Crippen molar-refractivity contribution in [3.63, 3.8) is 0 Å². The first kappa shape index (κ1) is 11.3. The molecule has 0 amide bonds. The van der Waals surface area contributed by atoms with Crippen LogP contribution in [-0.4, -0.2) is 0 Å². The number of rotatable bonds is 0. The van der Waals surface area contributed by atoms with Crippen LogP contribution in [0, 0.1) is 27.7 Å². The van der Waals surface area contributed by atoms with Gasteiger partial charge >= 0.3 is 0 Å². The molecule has 0 aliphatic heterocycles. The van der Waals surface area contributed by atoms with Crippen molar-refractivity contribution in [2.24, 2.45) is 0 Å². The van der Waals surface area contributed by atoms with E-state index in [1.807, 2.05) is 0 Å². The van der Waals surface area contributed by atoms with Gasteiger partial charge in [-0.15, -0.1) is 0 Å². The average Bonchev–Trinajstić information content (AvgIpc) is 2.38. The van der Waals surface area contributed by atoms with Crippen molar-refractivity contribution in [2.75, 3.05) is 0 Å². The van der Waals surface area contributed by atoms with Gasteiger partial charge in [-0.05, 0) is 71.5 Å². The smallest absolute Gasteiger partial charge is 0.0114 e. The van der Waals surface area contributed by atoms with E-state index in [2.05, 4.69) is 64.1 Å². The van der Waals surface area contributed by atoms with Crippen LogP contribution in [-0.2, 0) is 0 Å². The Kier molecular flexibility index (Phi) is 2.41. The molecule has 0 aromatic heterocycles. The van der Waals surface area contributed by atoms with Crippen molar-refractivity contribution in [1.29, 1.82) is 0 Å². The van der Waals surface area contributed by atoms with E-state index in [1.54, 1.807) is 0 Å². The molecule has 0 saturated heterocycles. The Morgan fingerprint density at radius 3 is 1.33 bits per heavy atom. The summed E-state index contributed by atoms with van der Waals surface area (Å²) in [4.78, 5) is 0. The molecule has 0 saturated carbocycles. The Hall–Kier alpha value is -1.82. The third-order valence-electron chi connectivity index (χ3n) is 4.11. The lowest BCUT2D eigenvalue weighted by Gasteiger charge is -2.15. The fourth-order valence-corrected chi connectivity index (χ4v) is 3.18. The molecule has 3 aromatic rings. The Labute approximate surface area is 108 Å². The molecular weight excluding hydrogens is 216 g/mol. The monoisotopic (exact) mass is 234 g/mol. The number of aryl methyl sites for hydroxylation is 4. The van der Waals surface area contributed by atoms with Crippen LogP contribution >= 0.6 is 0 Å². The zero-order chi connectivity index (χ0) is 12.9. The van der Waals surface area contributed by atoms with E-state index in [4.69, 9.17) is 0 Å². The molecule has 0 N–H and O–H groups in total. The summed E-state index contributed by atoms with van der Waals surface area (Å²) < 4.78 is 0. The highest BCUT2D eigenvalue weighted by Gasteiger charge is 2.11. The van der Waals surface area contributed by atoms with Crippen molar-refractivity contribution in [1.82, 2.24) is 0 Å². The van der Waals surface area contributed by atoms with E-state index in [0.717, 1.165) is 0 Å². The van der Waals surface area contributed by atoms with Crippen LogP contribution in [0.5, 0.6) is 0 Å². The molecule has 3 rings (SSSR count). The molecular formula is C18H18. The molecule has 0 fully saturated rings. The zero-order valence-corrected chi connectivity index (χ0v) is 11.5. The summed E-state index contributed by atoms with van der Waals surface area (Å²) in [6, 6.07) is 13.2. The van der Waals surface area contributed by atoms with E-state index in [1.165, 1.54) is 43.8 Å². The van der Waals surface area contributed by atoms with Gasteiger partial charge in [-0.3, -0.25) is 0 Å². The second kappa shape index (κ2) is 3.84. The predicted molar refractivity (Wildman–Crippen MR) is 80.4 cm³/mol. The lowest BCUT2D eigenvalue weighted by atomic mass is 9.89. The zero-order valence-electron chi connectivity index (χ0n) is 11.5. The summed E-state index contributed by atoms with van der Waals surface area (Å²) in [6.45, 7) is 8.92. The first-order chi connectivity index (χ1) is 8.61. The summed E-state index contributed by atoms with van der Waals surface area (Å²) >= 11 is 0. The summed E-state index contributed by atoms with van der Waals surface area (Å²) in [7, 11) is 0. The Balaban J connectivity index is 2.72. The van der Waals surface area contributed by atoms with Crippen LogP contribution in [0.2, 0.25) is 0 Å². The third-order valence-corrected chi connectivity index (χ3v) is 4.11. The summed E-state index contributed by atoms with van der Waals surface area (Å²) in [6.07, 6.45) is 0. The van der Waals surface area contributed by atoms with Gasteiger partial charge in [0.25, 0.3) is 0 Å². The van der Waals surface area contributed by atoms with E-state index in [-0.39, 0.29) is 0 Å². The highest BCUT2D eigenvalue weighted by atomic mass is 14.1. The molecule has 3 aromatic carbocycles. The minimum Gasteiger partial charge on any atom is -0.0616 e. The van der Waals surface area contributed by atoms with Gasteiger partial charge in [-0.25, -0.2) is 0 Å². The molecule has 0 unspecified atom stereocenters. The maximum atomic E-state index is 2.25. The molecule has 0 spiro atoms. The Bertz CT molecular complexity index is 698. The van der Waals surface area contributed by atoms with Gasteiger partial charge in [-0.2, -0.15) is 0 Å². The van der Waals surface area contributed by atoms with Crippen LogP contribution < -0.4 is 0 Å². The van der Waals surface area contributed by atoms with Gasteiger partial charge in [0.15, 0.2) is 0 Å². The third kappa shape index (κ3) is 1.38. The van der Waals surface area contributed by atoms with E-state index in [0.29, 0.717) is 0 Å². The van der Waals surface area contributed by atoms with Crippen molar-refractivity contribution in [3.8, 4) is 0 Å². The Morgan fingerprint density at radius 2 is 0.944 bits per heavy atom. The second-order valence-electron chi connectivity index (χ2n) is 5.24. The number of fused-ring (bicyclic) bond motifs is 2. The molecule has 0 bridgehead atoms. The van der Waals surface area contributed by atoms with Crippen LogP contribution in [0.3, 0.4) is 0 Å². The van der Waals surface area contributed by atoms with E-state index in [9.17, 15) is 0 Å². The second-order valence-corrected chi connectivity index (χ2v) is 5.24. The molecule has 0 heteroatoms. The lowest BCUT2D eigenvalue weighted by molar-refractivity contribution is 1.41. The number of benzene rings is 3. The standard InChI is InChI=1S/C18H18/c1-11-9-10-12(2)18-14(4)16-8-6-5-7-15(16)13(3)17(11)18/h5-10H,1-4H3. The first-order valence-corrected chi connectivity index (χ1v) is 6.49. The minimum absolute atomic E-state index is 1.38. The summed E-state index contributed by atoms with van der Waals surface area (Å²) in [5.74, 6) is 0. The fourth-order valence-electron chi connectivity index (χ4n) is 3.18. The topological polar surface area (TPSA) is 0 Å². The maximum absolute atomic E-state index is 2.25. The maximum Gasteiger partial charge on any atom is -0.0114 e. The van der Waals surface area contributed by atoms with Gasteiger partial charge < -0.3 is 0 Å². The van der Waals surface area contributed by atoms with Crippen LogP contribution in [0.15, 0.2) is 36.4 Å². The van der Waals surface area contributed by atoms with Crippen molar-refractivity contribution in [3.05, 3.63) is 58.7 Å². The largest absolute Gasteiger partial charge is 0.0616 e. The molecule has 0 atom stereocenters.